The van der Waals surface area contributed by atoms with E-state index < -0.39 is 11.1 Å². The summed E-state index contributed by atoms with van der Waals surface area (Å²) in [5.41, 5.74) is 6.61. The van der Waals surface area contributed by atoms with Crippen LogP contribution in [-0.4, -0.2) is 14.5 Å². The van der Waals surface area contributed by atoms with Crippen LogP contribution in [0.2, 0.25) is 0 Å². The number of aryl methyl sites for hydroxylation is 5. The van der Waals surface area contributed by atoms with Crippen molar-refractivity contribution in [1.29, 1.82) is 0 Å². The number of fused-ring (bicyclic) bond motifs is 2. The molecule has 0 bridgehead atoms. The lowest BCUT2D eigenvalue weighted by molar-refractivity contribution is 0.658. The average molecular weight is 373 g/mol. The maximum atomic E-state index is 12.3. The summed E-state index contributed by atoms with van der Waals surface area (Å²) in [6.45, 7) is 6.88. The minimum atomic E-state index is -0.435. The van der Waals surface area contributed by atoms with Gasteiger partial charge in [-0.05, 0) is 62.4 Å². The Bertz CT molecular complexity index is 1250. The molecular formula is C23H23N3O2. The fourth-order valence-electron chi connectivity index (χ4n) is 3.61. The second-order valence-corrected chi connectivity index (χ2v) is 7.47. The quantitative estimate of drug-likeness (QED) is 0.554. The Morgan fingerprint density at radius 1 is 0.964 bits per heavy atom. The van der Waals surface area contributed by atoms with Gasteiger partial charge in [0.15, 0.2) is 5.69 Å². The van der Waals surface area contributed by atoms with Crippen LogP contribution in [0, 0.1) is 20.8 Å². The van der Waals surface area contributed by atoms with Crippen molar-refractivity contribution >= 4 is 11.0 Å². The average Bonchev–Trinajstić information content (AvgIpc) is 2.65. The fourth-order valence-corrected chi connectivity index (χ4v) is 3.61. The van der Waals surface area contributed by atoms with E-state index in [1.807, 2.05) is 13.0 Å². The molecule has 0 spiro atoms. The highest BCUT2D eigenvalue weighted by atomic mass is 16.2. The summed E-state index contributed by atoms with van der Waals surface area (Å²) >= 11 is 0. The Hall–Kier alpha value is -3.21. The summed E-state index contributed by atoms with van der Waals surface area (Å²) < 4.78 is 2.06. The molecule has 0 aromatic heterocycles. The zero-order valence-corrected chi connectivity index (χ0v) is 16.4. The molecule has 2 aromatic carbocycles. The monoisotopic (exact) mass is 373 g/mol. The zero-order chi connectivity index (χ0) is 19.8. The van der Waals surface area contributed by atoms with Crippen molar-refractivity contribution in [3.63, 3.8) is 0 Å². The van der Waals surface area contributed by atoms with Crippen LogP contribution in [0.15, 0.2) is 52.1 Å². The smallest absolute Gasteiger partial charge is 0.278 e. The van der Waals surface area contributed by atoms with Crippen LogP contribution in [-0.2, 0) is 13.0 Å². The summed E-state index contributed by atoms with van der Waals surface area (Å²) in [5.74, 6) is 0. The maximum absolute atomic E-state index is 12.3. The maximum Gasteiger partial charge on any atom is 0.278 e. The van der Waals surface area contributed by atoms with Gasteiger partial charge in [0, 0.05) is 12.6 Å². The number of pyridine rings is 1. The van der Waals surface area contributed by atoms with Crippen molar-refractivity contribution in [2.24, 2.45) is 0 Å². The van der Waals surface area contributed by atoms with E-state index in [0.717, 1.165) is 35.0 Å². The van der Waals surface area contributed by atoms with Gasteiger partial charge in [0.1, 0.15) is 0 Å². The van der Waals surface area contributed by atoms with E-state index in [2.05, 4.69) is 58.7 Å². The highest BCUT2D eigenvalue weighted by Gasteiger charge is 2.17. The molecule has 142 valence electrons. The van der Waals surface area contributed by atoms with Gasteiger partial charge in [0.25, 0.3) is 11.1 Å². The van der Waals surface area contributed by atoms with Crippen LogP contribution in [0.1, 0.15) is 28.7 Å². The summed E-state index contributed by atoms with van der Waals surface area (Å²) in [7, 11) is 0. The van der Waals surface area contributed by atoms with Gasteiger partial charge < -0.3 is 4.57 Å². The fraction of sp³-hybridized carbons (Fsp3) is 0.261. The van der Waals surface area contributed by atoms with E-state index in [9.17, 15) is 9.59 Å². The number of nitrogens with one attached hydrogen (secondary N) is 1. The largest absolute Gasteiger partial charge is 0.338 e. The predicted octanol–water partition coefficient (Wildman–Crippen LogP) is 3.75. The number of rotatable bonds is 4. The second-order valence-electron chi connectivity index (χ2n) is 7.47. The first-order valence-electron chi connectivity index (χ1n) is 9.53. The van der Waals surface area contributed by atoms with Gasteiger partial charge in [0.2, 0.25) is 0 Å². The molecule has 28 heavy (non-hydrogen) atoms. The Labute approximate surface area is 163 Å². The molecule has 4 rings (SSSR count). The van der Waals surface area contributed by atoms with Crippen LogP contribution >= 0.6 is 0 Å². The number of hydrogen-bond acceptors (Lipinski definition) is 3. The molecule has 2 aliphatic heterocycles. The van der Waals surface area contributed by atoms with Gasteiger partial charge in [0.05, 0.1) is 16.7 Å². The molecule has 0 radical (unpaired) electrons. The molecule has 5 nitrogen and oxygen atoms in total. The van der Waals surface area contributed by atoms with Crippen molar-refractivity contribution < 1.29 is 0 Å². The first-order chi connectivity index (χ1) is 13.4. The third kappa shape index (κ3) is 3.36. The molecule has 0 aliphatic carbocycles. The van der Waals surface area contributed by atoms with Gasteiger partial charge in [-0.2, -0.15) is 0 Å². The molecule has 2 aliphatic rings. The minimum Gasteiger partial charge on any atom is -0.338 e. The molecule has 0 atom stereocenters. The number of aromatic amines is 1. The summed E-state index contributed by atoms with van der Waals surface area (Å²) in [5, 5.41) is 0. The van der Waals surface area contributed by atoms with Crippen molar-refractivity contribution in [3.05, 3.63) is 85.4 Å². The minimum absolute atomic E-state index is 0.311. The zero-order valence-electron chi connectivity index (χ0n) is 16.4. The standard InChI is InChI=1S/C23H23N3O2/c1-14-6-8-17(9-7-14)5-4-10-26-19-12-16(3)15(2)11-18(19)24-22-20(26)13-21(27)25-23(22)28/h6-9,11-13H,4-5,10H2,1-3H3,(H,25,27,28). The van der Waals surface area contributed by atoms with Gasteiger partial charge >= 0.3 is 0 Å². The van der Waals surface area contributed by atoms with Crippen molar-refractivity contribution in [3.8, 4) is 11.4 Å². The van der Waals surface area contributed by atoms with Crippen LogP contribution in [0.25, 0.3) is 22.4 Å². The molecule has 0 amide bonds. The molecule has 2 aromatic rings. The van der Waals surface area contributed by atoms with E-state index >= 15 is 0 Å². The van der Waals surface area contributed by atoms with Crippen LogP contribution in [0.3, 0.4) is 0 Å². The Balaban J connectivity index is 1.81. The number of H-pyrrole nitrogens is 1. The van der Waals surface area contributed by atoms with Gasteiger partial charge in [-0.1, -0.05) is 29.8 Å². The lowest BCUT2D eigenvalue weighted by atomic mass is 10.1. The molecule has 5 heteroatoms. The molecule has 1 N–H and O–H groups in total. The van der Waals surface area contributed by atoms with E-state index in [4.69, 9.17) is 0 Å². The van der Waals surface area contributed by atoms with Crippen molar-refractivity contribution in [2.45, 2.75) is 40.2 Å². The van der Waals surface area contributed by atoms with E-state index in [-0.39, 0.29) is 0 Å². The highest BCUT2D eigenvalue weighted by Crippen LogP contribution is 2.25. The number of benzene rings is 2. The third-order valence-electron chi connectivity index (χ3n) is 5.33. The second kappa shape index (κ2) is 7.08. The molecular weight excluding hydrogens is 350 g/mol. The molecule has 0 saturated heterocycles. The number of hydrogen-bond donors (Lipinski definition) is 1. The van der Waals surface area contributed by atoms with Crippen molar-refractivity contribution in [1.82, 2.24) is 14.5 Å². The van der Waals surface area contributed by atoms with Crippen LogP contribution in [0.5, 0.6) is 0 Å². The van der Waals surface area contributed by atoms with Crippen LogP contribution in [0.4, 0.5) is 0 Å². The number of nitrogens with zero attached hydrogens (tertiary/aromatic N) is 2. The first-order valence-corrected chi connectivity index (χ1v) is 9.53. The Kier molecular flexibility index (Phi) is 4.59. The Morgan fingerprint density at radius 3 is 2.43 bits per heavy atom. The normalized spacial score (nSPS) is 11.4. The lowest BCUT2D eigenvalue weighted by Gasteiger charge is -2.19. The molecule has 2 heterocycles. The molecule has 0 unspecified atom stereocenters. The SMILES string of the molecule is Cc1ccc(CCCn2c3cc(=O)[nH]c(=O)c-3nc3cc(C)c(C)cc32)cc1. The lowest BCUT2D eigenvalue weighted by Crippen LogP contribution is -2.25. The number of aromatic nitrogens is 3. The summed E-state index contributed by atoms with van der Waals surface area (Å²) in [4.78, 5) is 31.2. The van der Waals surface area contributed by atoms with Gasteiger partial charge in [-0.15, -0.1) is 0 Å². The summed E-state index contributed by atoms with van der Waals surface area (Å²) in [6, 6.07) is 14.1. The topological polar surface area (TPSA) is 67.8 Å². The third-order valence-corrected chi connectivity index (χ3v) is 5.33. The van der Waals surface area contributed by atoms with E-state index in [0.29, 0.717) is 17.9 Å². The Morgan fingerprint density at radius 2 is 1.68 bits per heavy atom. The predicted molar refractivity (Wildman–Crippen MR) is 112 cm³/mol. The van der Waals surface area contributed by atoms with Gasteiger partial charge in [-0.25, -0.2) is 4.98 Å². The highest BCUT2D eigenvalue weighted by molar-refractivity contribution is 5.81. The van der Waals surface area contributed by atoms with Crippen LogP contribution < -0.4 is 11.1 Å². The first kappa shape index (κ1) is 18.2. The van der Waals surface area contributed by atoms with Crippen molar-refractivity contribution in [2.75, 3.05) is 0 Å². The molecule has 0 saturated carbocycles. The van der Waals surface area contributed by atoms with E-state index in [1.165, 1.54) is 17.2 Å². The van der Waals surface area contributed by atoms with Gasteiger partial charge in [-0.3, -0.25) is 14.6 Å². The summed E-state index contributed by atoms with van der Waals surface area (Å²) in [6.07, 6.45) is 1.83. The molecule has 0 fully saturated rings. The van der Waals surface area contributed by atoms with E-state index in [1.54, 1.807) is 0 Å².